The monoisotopic (exact) mass is 371 g/mol. The van der Waals surface area contributed by atoms with E-state index in [4.69, 9.17) is 0 Å². The molecule has 0 saturated heterocycles. The number of unbranched alkanes of at least 4 members (excludes halogenated alkanes) is 2. The normalized spacial score (nSPS) is 19.6. The van der Waals surface area contributed by atoms with E-state index in [1.165, 1.54) is 36.6 Å². The molecule has 0 aromatic heterocycles. The predicted octanol–water partition coefficient (Wildman–Crippen LogP) is 8.08. The van der Waals surface area contributed by atoms with Crippen molar-refractivity contribution in [2.45, 2.75) is 80.1 Å². The van der Waals surface area contributed by atoms with Crippen LogP contribution in [-0.4, -0.2) is 12.8 Å². The second-order valence-electron chi connectivity index (χ2n) is 8.31. The first kappa shape index (κ1) is 23.3. The number of rotatable bonds is 9. The molecule has 0 aliphatic heterocycles. The average molecular weight is 372 g/mol. The molecular weight excluding hydrogens is 333 g/mol. The molecule has 0 spiro atoms. The zero-order valence-corrected chi connectivity index (χ0v) is 18.2. The Labute approximate surface area is 166 Å². The van der Waals surface area contributed by atoms with Gasteiger partial charge in [-0.25, -0.2) is 4.39 Å². The van der Waals surface area contributed by atoms with Crippen LogP contribution in [0.25, 0.3) is 0 Å². The standard InChI is InChI=1S/C25H38FN/c1-7-8-9-18-27-19-24(26)22(4)13-10-12-20(2)15-16-23-21(3)14-11-17-25(23,5)6/h10,12-13,15-16,19H,7-9,11,14,17-18H2,1-6H3/b13-10-,16-15+,20-12+,24-22+,27-19?. The second-order valence-corrected chi connectivity index (χ2v) is 8.31. The minimum absolute atomic E-state index is 0.255. The summed E-state index contributed by atoms with van der Waals surface area (Å²) in [5, 5.41) is 0. The zero-order chi connectivity index (χ0) is 20.3. The second kappa shape index (κ2) is 11.9. The van der Waals surface area contributed by atoms with Gasteiger partial charge in [0.25, 0.3) is 0 Å². The van der Waals surface area contributed by atoms with Gasteiger partial charge in [-0.3, -0.25) is 4.99 Å². The van der Waals surface area contributed by atoms with Crippen molar-refractivity contribution in [2.24, 2.45) is 10.4 Å². The van der Waals surface area contributed by atoms with Crippen LogP contribution in [0.4, 0.5) is 4.39 Å². The SMILES string of the molecule is CCCCCN=C\C(F)=C(C)/C=C\C=C(C)\C=C\C1=C(C)CCCC1(C)C. The number of allylic oxidation sites excluding steroid dienone is 10. The van der Waals surface area contributed by atoms with Gasteiger partial charge in [-0.05, 0) is 63.0 Å². The molecule has 1 aliphatic rings. The van der Waals surface area contributed by atoms with Crippen LogP contribution in [-0.2, 0) is 0 Å². The summed E-state index contributed by atoms with van der Waals surface area (Å²) < 4.78 is 14.0. The van der Waals surface area contributed by atoms with Crippen LogP contribution in [0.3, 0.4) is 0 Å². The van der Waals surface area contributed by atoms with Gasteiger partial charge in [0.2, 0.25) is 0 Å². The minimum Gasteiger partial charge on any atom is -0.290 e. The molecule has 0 unspecified atom stereocenters. The Kier molecular flexibility index (Phi) is 10.3. The molecule has 0 aromatic carbocycles. The van der Waals surface area contributed by atoms with Gasteiger partial charge in [-0.15, -0.1) is 0 Å². The van der Waals surface area contributed by atoms with Crippen molar-refractivity contribution in [1.29, 1.82) is 0 Å². The summed E-state index contributed by atoms with van der Waals surface area (Å²) in [7, 11) is 0. The van der Waals surface area contributed by atoms with E-state index in [9.17, 15) is 4.39 Å². The Morgan fingerprint density at radius 2 is 1.93 bits per heavy atom. The summed E-state index contributed by atoms with van der Waals surface area (Å²) in [6.07, 6.45) is 18.6. The lowest BCUT2D eigenvalue weighted by Crippen LogP contribution is -2.19. The van der Waals surface area contributed by atoms with E-state index in [2.05, 4.69) is 51.8 Å². The fourth-order valence-electron chi connectivity index (χ4n) is 3.40. The van der Waals surface area contributed by atoms with Crippen molar-refractivity contribution in [3.05, 3.63) is 58.5 Å². The van der Waals surface area contributed by atoms with Crippen molar-refractivity contribution in [3.8, 4) is 0 Å². The van der Waals surface area contributed by atoms with E-state index >= 15 is 0 Å². The molecule has 0 N–H and O–H groups in total. The maximum atomic E-state index is 14.0. The van der Waals surface area contributed by atoms with E-state index in [0.29, 0.717) is 12.1 Å². The highest BCUT2D eigenvalue weighted by atomic mass is 19.1. The minimum atomic E-state index is -0.255. The summed E-state index contributed by atoms with van der Waals surface area (Å²) >= 11 is 0. The van der Waals surface area contributed by atoms with Crippen molar-refractivity contribution in [2.75, 3.05) is 6.54 Å². The molecule has 1 aliphatic carbocycles. The predicted molar refractivity (Wildman–Crippen MR) is 119 cm³/mol. The lowest BCUT2D eigenvalue weighted by molar-refractivity contribution is 0.377. The smallest absolute Gasteiger partial charge is 0.143 e. The molecule has 0 atom stereocenters. The maximum absolute atomic E-state index is 14.0. The molecule has 0 fully saturated rings. The largest absolute Gasteiger partial charge is 0.290 e. The number of halogens is 1. The van der Waals surface area contributed by atoms with Crippen LogP contribution < -0.4 is 0 Å². The van der Waals surface area contributed by atoms with Crippen LogP contribution in [0.5, 0.6) is 0 Å². The molecule has 1 rings (SSSR count). The van der Waals surface area contributed by atoms with E-state index in [0.717, 1.165) is 24.8 Å². The summed E-state index contributed by atoms with van der Waals surface area (Å²) in [4.78, 5) is 4.15. The first-order chi connectivity index (χ1) is 12.8. The summed E-state index contributed by atoms with van der Waals surface area (Å²) in [5.41, 5.74) is 4.99. The van der Waals surface area contributed by atoms with E-state index in [1.807, 2.05) is 12.2 Å². The Morgan fingerprint density at radius 1 is 1.19 bits per heavy atom. The van der Waals surface area contributed by atoms with Crippen LogP contribution >= 0.6 is 0 Å². The molecule has 0 heterocycles. The Bertz CT molecular complexity index is 654. The fraction of sp³-hybridized carbons (Fsp3) is 0.560. The summed E-state index contributed by atoms with van der Waals surface area (Å²) in [5.74, 6) is -0.255. The van der Waals surface area contributed by atoms with Gasteiger partial charge < -0.3 is 0 Å². The van der Waals surface area contributed by atoms with Gasteiger partial charge in [-0.2, -0.15) is 0 Å². The van der Waals surface area contributed by atoms with E-state index in [1.54, 1.807) is 13.0 Å². The Morgan fingerprint density at radius 3 is 2.59 bits per heavy atom. The summed E-state index contributed by atoms with van der Waals surface area (Å²) in [6.45, 7) is 13.6. The lowest BCUT2D eigenvalue weighted by atomic mass is 9.72. The fourth-order valence-corrected chi connectivity index (χ4v) is 3.40. The molecule has 27 heavy (non-hydrogen) atoms. The third-order valence-corrected chi connectivity index (χ3v) is 5.23. The highest BCUT2D eigenvalue weighted by Crippen LogP contribution is 2.40. The van der Waals surface area contributed by atoms with Crippen LogP contribution in [0.1, 0.15) is 80.1 Å². The van der Waals surface area contributed by atoms with Gasteiger partial charge in [0.15, 0.2) is 0 Å². The highest BCUT2D eigenvalue weighted by molar-refractivity contribution is 5.77. The number of aliphatic imine (C=N–C) groups is 1. The van der Waals surface area contributed by atoms with Gasteiger partial charge in [0.1, 0.15) is 5.83 Å². The lowest BCUT2D eigenvalue weighted by Gasteiger charge is -2.32. The molecule has 0 aromatic rings. The number of hydrogen-bond acceptors (Lipinski definition) is 1. The zero-order valence-electron chi connectivity index (χ0n) is 18.2. The first-order valence-electron chi connectivity index (χ1n) is 10.4. The number of nitrogens with zero attached hydrogens (tertiary/aromatic N) is 1. The van der Waals surface area contributed by atoms with Gasteiger partial charge in [0, 0.05) is 6.54 Å². The van der Waals surface area contributed by atoms with Crippen molar-refractivity contribution < 1.29 is 4.39 Å². The summed E-state index contributed by atoms with van der Waals surface area (Å²) in [6, 6.07) is 0. The van der Waals surface area contributed by atoms with E-state index < -0.39 is 0 Å². The molecular formula is C25H38FN. The quantitative estimate of drug-likeness (QED) is 0.221. The maximum Gasteiger partial charge on any atom is 0.143 e. The van der Waals surface area contributed by atoms with Crippen molar-refractivity contribution >= 4 is 6.21 Å². The third kappa shape index (κ3) is 8.69. The van der Waals surface area contributed by atoms with Crippen LogP contribution in [0.2, 0.25) is 0 Å². The Hall–Kier alpha value is -1.70. The molecule has 0 saturated carbocycles. The first-order valence-corrected chi connectivity index (χ1v) is 10.4. The van der Waals surface area contributed by atoms with Gasteiger partial charge in [-0.1, -0.05) is 75.1 Å². The highest BCUT2D eigenvalue weighted by Gasteiger charge is 2.26. The third-order valence-electron chi connectivity index (χ3n) is 5.23. The van der Waals surface area contributed by atoms with E-state index in [-0.39, 0.29) is 11.2 Å². The topological polar surface area (TPSA) is 12.4 Å². The molecule has 2 heteroatoms. The van der Waals surface area contributed by atoms with Crippen LogP contribution in [0.15, 0.2) is 63.5 Å². The molecule has 1 nitrogen and oxygen atoms in total. The molecule has 0 amide bonds. The van der Waals surface area contributed by atoms with Crippen molar-refractivity contribution in [3.63, 3.8) is 0 Å². The molecule has 150 valence electrons. The van der Waals surface area contributed by atoms with Crippen molar-refractivity contribution in [1.82, 2.24) is 0 Å². The number of hydrogen-bond donors (Lipinski definition) is 0. The molecule has 0 bridgehead atoms. The molecule has 0 radical (unpaired) electrons. The van der Waals surface area contributed by atoms with Gasteiger partial charge >= 0.3 is 0 Å². The van der Waals surface area contributed by atoms with Gasteiger partial charge in [0.05, 0.1) is 6.21 Å². The van der Waals surface area contributed by atoms with Crippen LogP contribution in [0, 0.1) is 5.41 Å². The average Bonchev–Trinajstić information content (AvgIpc) is 2.60. The Balaban J connectivity index is 2.68.